The van der Waals surface area contributed by atoms with Gasteiger partial charge in [0.2, 0.25) is 0 Å². The molecule has 0 radical (unpaired) electrons. The molecule has 0 N–H and O–H groups in total. The van der Waals surface area contributed by atoms with E-state index >= 15 is 0 Å². The Labute approximate surface area is 171 Å². The van der Waals surface area contributed by atoms with Crippen molar-refractivity contribution in [3.8, 4) is 16.9 Å². The van der Waals surface area contributed by atoms with Gasteiger partial charge in [-0.25, -0.2) is 0 Å². The van der Waals surface area contributed by atoms with Crippen LogP contribution < -0.4 is 4.74 Å². The summed E-state index contributed by atoms with van der Waals surface area (Å²) in [7, 11) is 1.82. The zero-order valence-corrected chi connectivity index (χ0v) is 19.2. The van der Waals surface area contributed by atoms with Crippen LogP contribution in [-0.4, -0.2) is 7.11 Å². The summed E-state index contributed by atoms with van der Waals surface area (Å²) in [6, 6.07) is 9.51. The van der Waals surface area contributed by atoms with Crippen molar-refractivity contribution in [3.05, 3.63) is 57.7 Å². The molecule has 1 nitrogen and oxygen atoms in total. The SMILES string of the molecule is COc1c(C(C)(C)C)cc2c(c1-c1cc(C(C)C)cc(C(C)C)c1)C=C(C)C2. The molecule has 0 spiro atoms. The second-order valence-electron chi connectivity index (χ2n) is 10.0. The van der Waals surface area contributed by atoms with E-state index in [0.29, 0.717) is 11.8 Å². The maximum absolute atomic E-state index is 6.09. The van der Waals surface area contributed by atoms with Gasteiger partial charge in [0.05, 0.1) is 7.11 Å². The Bertz CT molecular complexity index is 894. The quantitative estimate of drug-likeness (QED) is 0.527. The highest BCUT2D eigenvalue weighted by Gasteiger charge is 2.28. The van der Waals surface area contributed by atoms with Crippen LogP contribution in [0.4, 0.5) is 0 Å². The van der Waals surface area contributed by atoms with Gasteiger partial charge in [0.25, 0.3) is 0 Å². The first-order chi connectivity index (χ1) is 13.0. The van der Waals surface area contributed by atoms with Crippen LogP contribution in [0.15, 0.2) is 29.8 Å². The molecule has 1 aliphatic rings. The first-order valence-electron chi connectivity index (χ1n) is 10.6. The summed E-state index contributed by atoms with van der Waals surface area (Å²) in [6.45, 7) is 18.2. The Morgan fingerprint density at radius 1 is 0.893 bits per heavy atom. The average molecular weight is 377 g/mol. The maximum Gasteiger partial charge on any atom is 0.131 e. The highest BCUT2D eigenvalue weighted by Crippen LogP contribution is 2.47. The first kappa shape index (κ1) is 20.7. The van der Waals surface area contributed by atoms with Crippen molar-refractivity contribution in [2.75, 3.05) is 7.11 Å². The molecule has 1 aliphatic carbocycles. The van der Waals surface area contributed by atoms with E-state index in [9.17, 15) is 0 Å². The third-order valence-electron chi connectivity index (χ3n) is 5.88. The predicted molar refractivity (Wildman–Crippen MR) is 123 cm³/mol. The highest BCUT2D eigenvalue weighted by atomic mass is 16.5. The summed E-state index contributed by atoms with van der Waals surface area (Å²) in [5.74, 6) is 2.03. The zero-order valence-electron chi connectivity index (χ0n) is 19.2. The van der Waals surface area contributed by atoms with Crippen molar-refractivity contribution in [1.29, 1.82) is 0 Å². The van der Waals surface area contributed by atoms with E-state index in [4.69, 9.17) is 4.74 Å². The fraction of sp³-hybridized carbons (Fsp3) is 0.481. The van der Waals surface area contributed by atoms with Crippen molar-refractivity contribution < 1.29 is 4.74 Å². The molecule has 0 unspecified atom stereocenters. The van der Waals surface area contributed by atoms with Gasteiger partial charge in [-0.1, -0.05) is 84.4 Å². The molecule has 0 saturated heterocycles. The Kier molecular flexibility index (Phi) is 5.49. The van der Waals surface area contributed by atoms with Gasteiger partial charge < -0.3 is 4.74 Å². The van der Waals surface area contributed by atoms with Gasteiger partial charge in [0.15, 0.2) is 0 Å². The molecule has 0 saturated carbocycles. The van der Waals surface area contributed by atoms with Crippen LogP contribution in [0.2, 0.25) is 0 Å². The Balaban J connectivity index is 2.40. The van der Waals surface area contributed by atoms with Crippen molar-refractivity contribution >= 4 is 6.08 Å². The number of allylic oxidation sites excluding steroid dienone is 1. The molecular weight excluding hydrogens is 340 g/mol. The molecule has 0 fully saturated rings. The van der Waals surface area contributed by atoms with Crippen LogP contribution in [-0.2, 0) is 11.8 Å². The molecule has 0 amide bonds. The minimum absolute atomic E-state index is 0.0299. The van der Waals surface area contributed by atoms with Gasteiger partial charge in [-0.2, -0.15) is 0 Å². The molecular formula is C27H36O. The highest BCUT2D eigenvalue weighted by molar-refractivity contribution is 5.87. The number of fused-ring (bicyclic) bond motifs is 1. The molecule has 0 heterocycles. The maximum atomic E-state index is 6.09. The number of ether oxygens (including phenoxy) is 1. The lowest BCUT2D eigenvalue weighted by atomic mass is 9.80. The number of hydrogen-bond acceptors (Lipinski definition) is 1. The molecule has 2 aromatic rings. The van der Waals surface area contributed by atoms with Gasteiger partial charge in [0, 0.05) is 11.1 Å². The lowest BCUT2D eigenvalue weighted by molar-refractivity contribution is 0.399. The first-order valence-corrected chi connectivity index (χ1v) is 10.6. The van der Waals surface area contributed by atoms with Crippen molar-refractivity contribution in [2.24, 2.45) is 0 Å². The van der Waals surface area contributed by atoms with Crippen LogP contribution in [0.3, 0.4) is 0 Å². The van der Waals surface area contributed by atoms with Crippen LogP contribution in [0.25, 0.3) is 17.2 Å². The van der Waals surface area contributed by atoms with Crippen molar-refractivity contribution in [2.45, 2.75) is 79.1 Å². The van der Waals surface area contributed by atoms with E-state index in [2.05, 4.69) is 85.7 Å². The molecule has 0 atom stereocenters. The van der Waals surface area contributed by atoms with Gasteiger partial charge in [0.1, 0.15) is 5.75 Å². The summed E-state index contributed by atoms with van der Waals surface area (Å²) in [6.07, 6.45) is 3.40. The third kappa shape index (κ3) is 3.77. The largest absolute Gasteiger partial charge is 0.496 e. The van der Waals surface area contributed by atoms with Crippen molar-refractivity contribution in [3.63, 3.8) is 0 Å². The minimum Gasteiger partial charge on any atom is -0.496 e. The van der Waals surface area contributed by atoms with Crippen LogP contribution in [0.1, 0.15) is 95.0 Å². The van der Waals surface area contributed by atoms with Gasteiger partial charge in [-0.3, -0.25) is 0 Å². The summed E-state index contributed by atoms with van der Waals surface area (Å²) in [5.41, 5.74) is 10.9. The molecule has 0 bridgehead atoms. The Hall–Kier alpha value is -2.02. The molecule has 0 aliphatic heterocycles. The number of benzene rings is 2. The standard InChI is InChI=1S/C27H36O/c1-16(2)19-12-20(17(3)4)14-22(13-19)25-23-11-18(5)10-21(23)15-24(26(25)28-9)27(6,7)8/h11-17H,10H2,1-9H3. The normalized spacial score (nSPS) is 13.9. The zero-order chi connectivity index (χ0) is 20.8. The van der Waals surface area contributed by atoms with Crippen LogP contribution in [0, 0.1) is 0 Å². The van der Waals surface area contributed by atoms with Gasteiger partial charge in [-0.05, 0) is 58.4 Å². The van der Waals surface area contributed by atoms with Gasteiger partial charge >= 0.3 is 0 Å². The topological polar surface area (TPSA) is 9.23 Å². The Morgan fingerprint density at radius 3 is 1.93 bits per heavy atom. The van der Waals surface area contributed by atoms with E-state index in [0.717, 1.165) is 12.2 Å². The molecule has 28 heavy (non-hydrogen) atoms. The fourth-order valence-electron chi connectivity index (χ4n) is 4.19. The average Bonchev–Trinajstić information content (AvgIpc) is 2.98. The van der Waals surface area contributed by atoms with Crippen molar-refractivity contribution in [1.82, 2.24) is 0 Å². The summed E-state index contributed by atoms with van der Waals surface area (Å²) >= 11 is 0. The minimum atomic E-state index is 0.0299. The second-order valence-corrected chi connectivity index (χ2v) is 10.0. The van der Waals surface area contributed by atoms with E-state index in [1.165, 1.54) is 44.5 Å². The second kappa shape index (κ2) is 7.43. The third-order valence-corrected chi connectivity index (χ3v) is 5.88. The van der Waals surface area contributed by atoms with E-state index in [-0.39, 0.29) is 5.41 Å². The summed E-state index contributed by atoms with van der Waals surface area (Å²) < 4.78 is 6.09. The lowest BCUT2D eigenvalue weighted by Gasteiger charge is -2.27. The van der Waals surface area contributed by atoms with Crippen LogP contribution >= 0.6 is 0 Å². The molecule has 1 heteroatoms. The predicted octanol–water partition coefficient (Wildman–Crippen LogP) is 7.87. The number of rotatable bonds is 4. The van der Waals surface area contributed by atoms with Crippen LogP contribution in [0.5, 0.6) is 5.75 Å². The molecule has 3 rings (SSSR count). The molecule has 150 valence electrons. The lowest BCUT2D eigenvalue weighted by Crippen LogP contribution is -2.14. The smallest absolute Gasteiger partial charge is 0.131 e. The number of hydrogen-bond donors (Lipinski definition) is 0. The van der Waals surface area contributed by atoms with E-state index < -0.39 is 0 Å². The molecule has 0 aromatic heterocycles. The van der Waals surface area contributed by atoms with E-state index in [1.54, 1.807) is 0 Å². The molecule has 2 aromatic carbocycles. The fourth-order valence-corrected chi connectivity index (χ4v) is 4.19. The van der Waals surface area contributed by atoms with E-state index in [1.807, 2.05) is 7.11 Å². The van der Waals surface area contributed by atoms with Gasteiger partial charge in [-0.15, -0.1) is 0 Å². The monoisotopic (exact) mass is 376 g/mol. The summed E-state index contributed by atoms with van der Waals surface area (Å²) in [4.78, 5) is 0. The number of methoxy groups -OCH3 is 1. The Morgan fingerprint density at radius 2 is 1.46 bits per heavy atom. The summed E-state index contributed by atoms with van der Waals surface area (Å²) in [5, 5.41) is 0.